The SMILES string of the molecule is CCCCCCCCCCCCCCCCSCC(CO)OC(C)=O. The summed E-state index contributed by atoms with van der Waals surface area (Å²) in [5.74, 6) is 1.49. The molecule has 1 unspecified atom stereocenters. The van der Waals surface area contributed by atoms with Gasteiger partial charge in [-0.3, -0.25) is 4.79 Å². The summed E-state index contributed by atoms with van der Waals surface area (Å²) in [6, 6.07) is 0. The Morgan fingerprint density at radius 3 is 1.68 bits per heavy atom. The molecule has 0 aliphatic rings. The molecule has 0 aromatic heterocycles. The molecule has 0 aromatic carbocycles. The molecule has 0 amide bonds. The van der Waals surface area contributed by atoms with E-state index in [0.717, 1.165) is 5.75 Å². The largest absolute Gasteiger partial charge is 0.459 e. The molecule has 25 heavy (non-hydrogen) atoms. The summed E-state index contributed by atoms with van der Waals surface area (Å²) < 4.78 is 5.01. The molecule has 0 fully saturated rings. The summed E-state index contributed by atoms with van der Waals surface area (Å²) in [6.45, 7) is 3.59. The van der Waals surface area contributed by atoms with Gasteiger partial charge in [0.1, 0.15) is 6.10 Å². The quantitative estimate of drug-likeness (QED) is 0.218. The van der Waals surface area contributed by atoms with E-state index in [2.05, 4.69) is 6.92 Å². The minimum Gasteiger partial charge on any atom is -0.459 e. The first-order valence-corrected chi connectivity index (χ1v) is 11.7. The second kappa shape index (κ2) is 20.1. The van der Waals surface area contributed by atoms with Crippen molar-refractivity contribution in [2.24, 2.45) is 0 Å². The molecule has 0 saturated carbocycles. The normalized spacial score (nSPS) is 12.3. The van der Waals surface area contributed by atoms with Gasteiger partial charge < -0.3 is 9.84 Å². The maximum absolute atomic E-state index is 10.8. The molecular weight excluding hydrogens is 332 g/mol. The van der Waals surface area contributed by atoms with Crippen molar-refractivity contribution in [3.63, 3.8) is 0 Å². The van der Waals surface area contributed by atoms with Gasteiger partial charge in [-0.25, -0.2) is 0 Å². The van der Waals surface area contributed by atoms with Crippen LogP contribution < -0.4 is 0 Å². The van der Waals surface area contributed by atoms with Gasteiger partial charge in [-0.05, 0) is 12.2 Å². The van der Waals surface area contributed by atoms with Crippen LogP contribution in [0.2, 0.25) is 0 Å². The van der Waals surface area contributed by atoms with Gasteiger partial charge >= 0.3 is 5.97 Å². The number of rotatable bonds is 19. The first-order chi connectivity index (χ1) is 12.2. The van der Waals surface area contributed by atoms with Crippen LogP contribution in [0.1, 0.15) is 104 Å². The number of aliphatic hydroxyl groups is 1. The standard InChI is InChI=1S/C21H42O3S/c1-3-4-5-6-7-8-9-10-11-12-13-14-15-16-17-25-19-21(18-22)24-20(2)23/h21-22H,3-19H2,1-2H3. The van der Waals surface area contributed by atoms with E-state index in [1.165, 1.54) is 96.8 Å². The number of esters is 1. The van der Waals surface area contributed by atoms with E-state index in [0.29, 0.717) is 5.75 Å². The lowest BCUT2D eigenvalue weighted by atomic mass is 10.0. The Balaban J connectivity index is 3.15. The van der Waals surface area contributed by atoms with Gasteiger partial charge in [0.15, 0.2) is 0 Å². The lowest BCUT2D eigenvalue weighted by Crippen LogP contribution is -2.23. The summed E-state index contributed by atoms with van der Waals surface area (Å²) in [6.07, 6.45) is 19.0. The first-order valence-electron chi connectivity index (χ1n) is 10.6. The van der Waals surface area contributed by atoms with Crippen LogP contribution in [0, 0.1) is 0 Å². The van der Waals surface area contributed by atoms with E-state index in [1.54, 1.807) is 11.8 Å². The third-order valence-corrected chi connectivity index (χ3v) is 5.67. The van der Waals surface area contributed by atoms with Gasteiger partial charge in [0.25, 0.3) is 0 Å². The number of aliphatic hydroxyl groups excluding tert-OH is 1. The van der Waals surface area contributed by atoms with Crippen molar-refractivity contribution in [3.8, 4) is 0 Å². The third-order valence-electron chi connectivity index (χ3n) is 4.48. The predicted octanol–water partition coefficient (Wildman–Crippen LogP) is 6.12. The molecule has 1 atom stereocenters. The van der Waals surface area contributed by atoms with Gasteiger partial charge in [0, 0.05) is 12.7 Å². The molecule has 150 valence electrons. The van der Waals surface area contributed by atoms with Crippen LogP contribution in [0.15, 0.2) is 0 Å². The highest BCUT2D eigenvalue weighted by Gasteiger charge is 2.10. The first kappa shape index (κ1) is 24.8. The zero-order valence-corrected chi connectivity index (χ0v) is 17.6. The van der Waals surface area contributed by atoms with Crippen molar-refractivity contribution < 1.29 is 14.6 Å². The molecule has 0 radical (unpaired) electrons. The molecule has 3 nitrogen and oxygen atoms in total. The maximum atomic E-state index is 10.8. The van der Waals surface area contributed by atoms with Crippen LogP contribution in [-0.4, -0.2) is 35.3 Å². The van der Waals surface area contributed by atoms with Crippen LogP contribution in [0.4, 0.5) is 0 Å². The van der Waals surface area contributed by atoms with Crippen molar-refractivity contribution in [2.45, 2.75) is 110 Å². The Kier molecular flexibility index (Phi) is 19.9. The van der Waals surface area contributed by atoms with E-state index in [-0.39, 0.29) is 18.7 Å². The monoisotopic (exact) mass is 374 g/mol. The van der Waals surface area contributed by atoms with Gasteiger partial charge in [-0.2, -0.15) is 11.8 Å². The highest BCUT2D eigenvalue weighted by atomic mass is 32.2. The van der Waals surface area contributed by atoms with Gasteiger partial charge in [-0.1, -0.05) is 90.4 Å². The molecule has 0 bridgehead atoms. The number of hydrogen-bond donors (Lipinski definition) is 1. The van der Waals surface area contributed by atoms with Gasteiger partial charge in [0.2, 0.25) is 0 Å². The van der Waals surface area contributed by atoms with E-state index in [4.69, 9.17) is 9.84 Å². The number of unbranched alkanes of at least 4 members (excludes halogenated alkanes) is 13. The second-order valence-electron chi connectivity index (χ2n) is 7.09. The predicted molar refractivity (Wildman–Crippen MR) is 110 cm³/mol. The molecule has 0 spiro atoms. The number of hydrogen-bond acceptors (Lipinski definition) is 4. The fourth-order valence-corrected chi connectivity index (χ4v) is 3.98. The Labute approximate surface area is 160 Å². The van der Waals surface area contributed by atoms with Crippen LogP contribution >= 0.6 is 11.8 Å². The number of carbonyl (C=O) groups excluding carboxylic acids is 1. The maximum Gasteiger partial charge on any atom is 0.303 e. The number of thioether (sulfide) groups is 1. The van der Waals surface area contributed by atoms with Crippen molar-refractivity contribution in [1.29, 1.82) is 0 Å². The van der Waals surface area contributed by atoms with E-state index in [1.807, 2.05) is 0 Å². The average molecular weight is 375 g/mol. The van der Waals surface area contributed by atoms with Crippen molar-refractivity contribution >= 4 is 17.7 Å². The van der Waals surface area contributed by atoms with E-state index in [9.17, 15) is 4.79 Å². The van der Waals surface area contributed by atoms with Crippen LogP contribution in [0.5, 0.6) is 0 Å². The lowest BCUT2D eigenvalue weighted by Gasteiger charge is -2.13. The third kappa shape index (κ3) is 19.9. The minimum absolute atomic E-state index is 0.0781. The van der Waals surface area contributed by atoms with Crippen LogP contribution in [-0.2, 0) is 9.53 Å². The van der Waals surface area contributed by atoms with Crippen molar-refractivity contribution in [3.05, 3.63) is 0 Å². The van der Waals surface area contributed by atoms with Crippen molar-refractivity contribution in [2.75, 3.05) is 18.1 Å². The number of carbonyl (C=O) groups is 1. The Hall–Kier alpha value is -0.220. The highest BCUT2D eigenvalue weighted by molar-refractivity contribution is 7.99. The number of ether oxygens (including phenoxy) is 1. The lowest BCUT2D eigenvalue weighted by molar-refractivity contribution is -0.146. The Morgan fingerprint density at radius 2 is 1.28 bits per heavy atom. The summed E-state index contributed by atoms with van der Waals surface area (Å²) in [7, 11) is 0. The molecule has 0 heterocycles. The van der Waals surface area contributed by atoms with Gasteiger partial charge in [0.05, 0.1) is 6.61 Å². The zero-order chi connectivity index (χ0) is 18.6. The highest BCUT2D eigenvalue weighted by Crippen LogP contribution is 2.14. The molecule has 0 saturated heterocycles. The summed E-state index contributed by atoms with van der Waals surface area (Å²) >= 11 is 1.77. The molecule has 0 aromatic rings. The van der Waals surface area contributed by atoms with Crippen molar-refractivity contribution in [1.82, 2.24) is 0 Å². The van der Waals surface area contributed by atoms with Crippen LogP contribution in [0.25, 0.3) is 0 Å². The van der Waals surface area contributed by atoms with E-state index >= 15 is 0 Å². The Bertz CT molecular complexity index is 284. The fourth-order valence-electron chi connectivity index (χ4n) is 2.97. The fraction of sp³-hybridized carbons (Fsp3) is 0.952. The molecule has 0 aliphatic heterocycles. The minimum atomic E-state index is -0.339. The summed E-state index contributed by atoms with van der Waals surface area (Å²) in [5, 5.41) is 9.11. The molecule has 1 N–H and O–H groups in total. The zero-order valence-electron chi connectivity index (χ0n) is 16.8. The smallest absolute Gasteiger partial charge is 0.303 e. The molecule has 0 rings (SSSR count). The topological polar surface area (TPSA) is 46.5 Å². The average Bonchev–Trinajstić information content (AvgIpc) is 2.60. The summed E-state index contributed by atoms with van der Waals surface area (Å²) in [5.41, 5.74) is 0. The molecular formula is C21H42O3S. The van der Waals surface area contributed by atoms with Crippen LogP contribution in [0.3, 0.4) is 0 Å². The molecule has 4 heteroatoms. The second-order valence-corrected chi connectivity index (χ2v) is 8.23. The van der Waals surface area contributed by atoms with E-state index < -0.39 is 0 Å². The molecule has 0 aliphatic carbocycles. The van der Waals surface area contributed by atoms with Gasteiger partial charge in [-0.15, -0.1) is 0 Å². The Morgan fingerprint density at radius 1 is 0.840 bits per heavy atom. The summed E-state index contributed by atoms with van der Waals surface area (Å²) in [4.78, 5) is 10.8.